The molecule has 1 aromatic rings. The fraction of sp³-hybridized carbons (Fsp3) is 0.793. The molecule has 6 atom stereocenters. The molecule has 186 valence electrons. The van der Waals surface area contributed by atoms with Crippen LogP contribution in [0, 0.1) is 17.3 Å². The fourth-order valence-electron chi connectivity index (χ4n) is 9.91. The Labute approximate surface area is 204 Å². The summed E-state index contributed by atoms with van der Waals surface area (Å²) in [6, 6.07) is 5.01. The van der Waals surface area contributed by atoms with Crippen molar-refractivity contribution in [2.45, 2.75) is 87.4 Å². The summed E-state index contributed by atoms with van der Waals surface area (Å²) in [5.74, 6) is 3.04. The number of likely N-dealkylation sites (N-methyl/N-ethyl adjacent to an activating group) is 1. The van der Waals surface area contributed by atoms with E-state index in [0.717, 1.165) is 56.4 Å². The van der Waals surface area contributed by atoms with Crippen LogP contribution < -0.4 is 9.47 Å². The van der Waals surface area contributed by atoms with Crippen LogP contribution in [0.4, 0.5) is 0 Å². The predicted octanol–water partition coefficient (Wildman–Crippen LogP) is 4.74. The molecule has 7 aliphatic rings. The highest BCUT2D eigenvalue weighted by atomic mass is 16.6. The third-order valence-corrected chi connectivity index (χ3v) is 11.4. The molecular formula is C29H41NO4. The third-order valence-electron chi connectivity index (χ3n) is 11.4. The Kier molecular flexibility index (Phi) is 4.90. The molecule has 1 aromatic carbocycles. The Morgan fingerprint density at radius 3 is 2.71 bits per heavy atom. The zero-order valence-electron chi connectivity index (χ0n) is 21.2. The molecule has 8 rings (SSSR count). The maximum absolute atomic E-state index is 7.06. The number of hydrogen-bond donors (Lipinski definition) is 0. The second kappa shape index (κ2) is 7.60. The van der Waals surface area contributed by atoms with E-state index in [1.54, 1.807) is 7.11 Å². The summed E-state index contributed by atoms with van der Waals surface area (Å²) in [6.45, 7) is 2.85. The van der Waals surface area contributed by atoms with Gasteiger partial charge in [0.1, 0.15) is 11.7 Å². The van der Waals surface area contributed by atoms with Crippen molar-refractivity contribution in [2.75, 3.05) is 41.0 Å². The van der Waals surface area contributed by atoms with Gasteiger partial charge >= 0.3 is 0 Å². The van der Waals surface area contributed by atoms with Gasteiger partial charge in [-0.25, -0.2) is 0 Å². The van der Waals surface area contributed by atoms with Gasteiger partial charge in [0.15, 0.2) is 11.5 Å². The zero-order valence-corrected chi connectivity index (χ0v) is 21.2. The Morgan fingerprint density at radius 1 is 1.06 bits per heavy atom. The van der Waals surface area contributed by atoms with E-state index in [0.29, 0.717) is 12.0 Å². The summed E-state index contributed by atoms with van der Waals surface area (Å²) in [5.41, 5.74) is 2.94. The lowest BCUT2D eigenvalue weighted by Crippen LogP contribution is -2.81. The first-order chi connectivity index (χ1) is 16.6. The first-order valence-corrected chi connectivity index (χ1v) is 13.8. The number of rotatable bonds is 6. The minimum absolute atomic E-state index is 0.0375. The number of hydrogen-bond acceptors (Lipinski definition) is 5. The number of methoxy groups -OCH3 is 2. The third kappa shape index (κ3) is 2.52. The van der Waals surface area contributed by atoms with Gasteiger partial charge in [0.05, 0.1) is 13.7 Å². The highest BCUT2D eigenvalue weighted by Gasteiger charge is 2.80. The zero-order chi connectivity index (χ0) is 23.1. The van der Waals surface area contributed by atoms with E-state index in [9.17, 15) is 0 Å². The van der Waals surface area contributed by atoms with E-state index in [2.05, 4.69) is 24.1 Å². The molecule has 0 radical (unpaired) electrons. The van der Waals surface area contributed by atoms with Gasteiger partial charge in [-0.3, -0.25) is 0 Å². The first kappa shape index (κ1) is 21.9. The molecule has 5 aliphatic carbocycles. The Hall–Kier alpha value is -1.30. The maximum atomic E-state index is 7.06. The highest BCUT2D eigenvalue weighted by Crippen LogP contribution is 2.76. The molecule has 0 aromatic heterocycles. The minimum atomic E-state index is -0.284. The molecule has 2 unspecified atom stereocenters. The molecule has 5 fully saturated rings. The number of fused-ring (bicyclic) bond motifs is 2. The van der Waals surface area contributed by atoms with Gasteiger partial charge in [-0.1, -0.05) is 25.3 Å². The van der Waals surface area contributed by atoms with Crippen molar-refractivity contribution in [3.8, 4) is 11.5 Å². The summed E-state index contributed by atoms with van der Waals surface area (Å²) in [4.78, 5) is 2.67. The van der Waals surface area contributed by atoms with Crippen LogP contribution in [0.3, 0.4) is 0 Å². The van der Waals surface area contributed by atoms with Crippen molar-refractivity contribution in [3.63, 3.8) is 0 Å². The van der Waals surface area contributed by atoms with Crippen molar-refractivity contribution < 1.29 is 18.9 Å². The van der Waals surface area contributed by atoms with E-state index in [1.165, 1.54) is 56.1 Å². The number of ether oxygens (including phenoxy) is 4. The van der Waals surface area contributed by atoms with Gasteiger partial charge in [-0.2, -0.15) is 0 Å². The number of nitrogens with zero attached hydrogens (tertiary/aromatic N) is 1. The Balaban J connectivity index is 1.29. The lowest BCUT2D eigenvalue weighted by Gasteiger charge is -2.73. The second-order valence-electron chi connectivity index (χ2n) is 12.3. The monoisotopic (exact) mass is 467 g/mol. The number of piperidine rings is 1. The Bertz CT molecular complexity index is 975. The van der Waals surface area contributed by atoms with Crippen LogP contribution in [0.5, 0.6) is 11.5 Å². The molecule has 34 heavy (non-hydrogen) atoms. The largest absolute Gasteiger partial charge is 0.493 e. The maximum Gasteiger partial charge on any atom is 0.165 e. The van der Waals surface area contributed by atoms with E-state index in [4.69, 9.17) is 18.9 Å². The summed E-state index contributed by atoms with van der Waals surface area (Å²) >= 11 is 0. The first-order valence-electron chi connectivity index (χ1n) is 13.8. The second-order valence-corrected chi connectivity index (χ2v) is 12.3. The summed E-state index contributed by atoms with van der Waals surface area (Å²) in [6.07, 6.45) is 12.6. The van der Waals surface area contributed by atoms with Crippen LogP contribution in [-0.2, 0) is 21.3 Å². The Morgan fingerprint density at radius 2 is 1.91 bits per heavy atom. The molecule has 5 heteroatoms. The van der Waals surface area contributed by atoms with Gasteiger partial charge in [-0.05, 0) is 76.1 Å². The van der Waals surface area contributed by atoms with Crippen molar-refractivity contribution in [1.82, 2.24) is 4.90 Å². The van der Waals surface area contributed by atoms with Gasteiger partial charge < -0.3 is 23.8 Å². The van der Waals surface area contributed by atoms with E-state index in [1.807, 2.05) is 7.11 Å². The van der Waals surface area contributed by atoms with E-state index >= 15 is 0 Å². The summed E-state index contributed by atoms with van der Waals surface area (Å²) < 4.78 is 26.0. The quantitative estimate of drug-likeness (QED) is 0.605. The highest BCUT2D eigenvalue weighted by molar-refractivity contribution is 5.63. The molecule has 2 spiro atoms. The van der Waals surface area contributed by atoms with Gasteiger partial charge in [0.25, 0.3) is 0 Å². The fourth-order valence-corrected chi connectivity index (χ4v) is 9.91. The molecule has 2 aliphatic heterocycles. The van der Waals surface area contributed by atoms with Crippen molar-refractivity contribution in [2.24, 2.45) is 17.3 Å². The minimum Gasteiger partial charge on any atom is -0.493 e. The van der Waals surface area contributed by atoms with Crippen LogP contribution in [0.2, 0.25) is 0 Å². The van der Waals surface area contributed by atoms with Gasteiger partial charge in [-0.15, -0.1) is 0 Å². The van der Waals surface area contributed by atoms with Crippen molar-refractivity contribution >= 4 is 0 Å². The van der Waals surface area contributed by atoms with E-state index in [-0.39, 0.29) is 22.5 Å². The van der Waals surface area contributed by atoms with Gasteiger partial charge in [0, 0.05) is 42.1 Å². The predicted molar refractivity (Wildman–Crippen MR) is 131 cm³/mol. The molecule has 4 bridgehead atoms. The van der Waals surface area contributed by atoms with Crippen LogP contribution >= 0.6 is 0 Å². The molecule has 2 heterocycles. The lowest BCUT2D eigenvalue weighted by atomic mass is 9.35. The standard InChI is InChI=1S/C29H41NO4/c1-30-14-13-28-24-20-9-10-22(31-2)25(24)34-26(28)29(32-3)12-11-27(28,23(30)15-20)16-21(29)18-33-17-19-7-5-4-6-8-19/h9-10,19,21,23,26H,4-8,11-18H2,1-3H3/t21-,23-,26-,27?,28?,29-/m1/s1. The molecule has 0 amide bonds. The average molecular weight is 468 g/mol. The van der Waals surface area contributed by atoms with Gasteiger partial charge in [0.2, 0.25) is 0 Å². The molecule has 1 saturated heterocycles. The van der Waals surface area contributed by atoms with E-state index < -0.39 is 0 Å². The number of benzene rings is 1. The normalized spacial score (nSPS) is 42.4. The van der Waals surface area contributed by atoms with Crippen LogP contribution in [0.1, 0.15) is 68.9 Å². The SMILES string of the molecule is COc1ccc2c3c1O[C@@H]1C34CCN(C)[C@H](C2)C42CC[C@@]1(OC)[C@@H](COCC1CCCCC1)C2. The van der Waals surface area contributed by atoms with Crippen molar-refractivity contribution in [1.29, 1.82) is 0 Å². The molecule has 4 saturated carbocycles. The molecule has 5 nitrogen and oxygen atoms in total. The topological polar surface area (TPSA) is 40.2 Å². The van der Waals surface area contributed by atoms with Crippen LogP contribution in [-0.4, -0.2) is 63.7 Å². The molecular weight excluding hydrogens is 426 g/mol. The van der Waals surface area contributed by atoms with Crippen LogP contribution in [0.25, 0.3) is 0 Å². The average Bonchev–Trinajstić information content (AvgIpc) is 3.24. The summed E-state index contributed by atoms with van der Waals surface area (Å²) in [5, 5.41) is 0. The number of likely N-dealkylation sites (tertiary alicyclic amines) is 1. The van der Waals surface area contributed by atoms with Crippen LogP contribution in [0.15, 0.2) is 12.1 Å². The smallest absolute Gasteiger partial charge is 0.165 e. The summed E-state index contributed by atoms with van der Waals surface area (Å²) in [7, 11) is 6.07. The molecule has 0 N–H and O–H groups in total. The van der Waals surface area contributed by atoms with Crippen molar-refractivity contribution in [3.05, 3.63) is 23.3 Å². The lowest BCUT2D eigenvalue weighted by molar-refractivity contribution is -0.282.